The number of ether oxygens (including phenoxy) is 1. The number of rotatable bonds is 4. The maximum absolute atomic E-state index is 11.7. The van der Waals surface area contributed by atoms with Crippen LogP contribution in [-0.2, 0) is 4.79 Å². The molecule has 1 heterocycles. The molecule has 6 heteroatoms. The summed E-state index contributed by atoms with van der Waals surface area (Å²) in [5.41, 5.74) is 7.21. The first-order valence-electron chi connectivity index (χ1n) is 5.95. The summed E-state index contributed by atoms with van der Waals surface area (Å²) < 4.78 is 6.24. The van der Waals surface area contributed by atoms with Crippen LogP contribution in [0.3, 0.4) is 0 Å². The monoisotopic (exact) mass is 335 g/mol. The zero-order valence-corrected chi connectivity index (χ0v) is 12.5. The molecule has 3 N–H and O–H groups in total. The standard InChI is InChI=1S/C14H14BrN3O2/c1-9-6-13(17-7-12(9)15)18-14(19)8-20-11-4-2-10(16)3-5-11/h2-7H,8,16H2,1H3,(H,17,18,19). The van der Waals surface area contributed by atoms with Gasteiger partial charge in [0.15, 0.2) is 6.61 Å². The van der Waals surface area contributed by atoms with Gasteiger partial charge in [0.05, 0.1) is 0 Å². The summed E-state index contributed by atoms with van der Waals surface area (Å²) in [4.78, 5) is 15.8. The highest BCUT2D eigenvalue weighted by atomic mass is 79.9. The maximum atomic E-state index is 11.7. The lowest BCUT2D eigenvalue weighted by atomic mass is 10.3. The first-order valence-corrected chi connectivity index (χ1v) is 6.74. The lowest BCUT2D eigenvalue weighted by molar-refractivity contribution is -0.118. The Morgan fingerprint density at radius 3 is 2.75 bits per heavy atom. The number of anilines is 2. The minimum Gasteiger partial charge on any atom is -0.484 e. The number of nitrogens with one attached hydrogen (secondary N) is 1. The molecule has 0 saturated carbocycles. The molecule has 0 aliphatic heterocycles. The van der Waals surface area contributed by atoms with E-state index in [1.165, 1.54) is 0 Å². The van der Waals surface area contributed by atoms with Crippen molar-refractivity contribution in [3.05, 3.63) is 46.6 Å². The average Bonchev–Trinajstić information content (AvgIpc) is 2.42. The molecule has 0 unspecified atom stereocenters. The molecule has 104 valence electrons. The van der Waals surface area contributed by atoms with Gasteiger partial charge in [-0.15, -0.1) is 0 Å². The van der Waals surface area contributed by atoms with Crippen molar-refractivity contribution < 1.29 is 9.53 Å². The van der Waals surface area contributed by atoms with E-state index in [2.05, 4.69) is 26.2 Å². The molecule has 0 atom stereocenters. The van der Waals surface area contributed by atoms with Gasteiger partial charge in [-0.3, -0.25) is 4.79 Å². The van der Waals surface area contributed by atoms with Crippen LogP contribution in [0.5, 0.6) is 5.75 Å². The molecule has 0 fully saturated rings. The number of benzene rings is 1. The normalized spacial score (nSPS) is 10.1. The number of amides is 1. The minimum atomic E-state index is -0.268. The zero-order valence-electron chi connectivity index (χ0n) is 10.9. The number of nitrogen functional groups attached to an aromatic ring is 1. The molecule has 2 aromatic rings. The molecule has 1 aromatic carbocycles. The van der Waals surface area contributed by atoms with E-state index in [0.717, 1.165) is 10.0 Å². The van der Waals surface area contributed by atoms with E-state index in [1.807, 2.05) is 6.92 Å². The van der Waals surface area contributed by atoms with Crippen molar-refractivity contribution in [3.8, 4) is 5.75 Å². The third-order valence-electron chi connectivity index (χ3n) is 2.56. The first-order chi connectivity index (χ1) is 9.54. The van der Waals surface area contributed by atoms with E-state index in [-0.39, 0.29) is 12.5 Å². The lowest BCUT2D eigenvalue weighted by Crippen LogP contribution is -2.20. The number of nitrogens with two attached hydrogens (primary N) is 1. The smallest absolute Gasteiger partial charge is 0.263 e. The van der Waals surface area contributed by atoms with Crippen molar-refractivity contribution in [2.45, 2.75) is 6.92 Å². The van der Waals surface area contributed by atoms with Gasteiger partial charge in [-0.05, 0) is 58.7 Å². The predicted molar refractivity (Wildman–Crippen MR) is 81.7 cm³/mol. The fourth-order valence-corrected chi connectivity index (χ4v) is 1.72. The van der Waals surface area contributed by atoms with Crippen LogP contribution in [0.1, 0.15) is 5.56 Å². The lowest BCUT2D eigenvalue weighted by Gasteiger charge is -2.08. The van der Waals surface area contributed by atoms with E-state index in [1.54, 1.807) is 36.5 Å². The van der Waals surface area contributed by atoms with Gasteiger partial charge in [-0.2, -0.15) is 0 Å². The molecular weight excluding hydrogens is 322 g/mol. The Morgan fingerprint density at radius 1 is 1.40 bits per heavy atom. The Kier molecular flexibility index (Phi) is 4.57. The van der Waals surface area contributed by atoms with Gasteiger partial charge in [-0.25, -0.2) is 4.98 Å². The van der Waals surface area contributed by atoms with Crippen molar-refractivity contribution in [2.75, 3.05) is 17.7 Å². The van der Waals surface area contributed by atoms with Crippen molar-refractivity contribution in [1.29, 1.82) is 0 Å². The van der Waals surface area contributed by atoms with Gasteiger partial charge < -0.3 is 15.8 Å². The van der Waals surface area contributed by atoms with Gasteiger partial charge >= 0.3 is 0 Å². The summed E-state index contributed by atoms with van der Waals surface area (Å²) in [5.74, 6) is 0.821. The van der Waals surface area contributed by atoms with Crippen LogP contribution < -0.4 is 15.8 Å². The number of carbonyl (C=O) groups is 1. The average molecular weight is 336 g/mol. The molecule has 1 aromatic heterocycles. The topological polar surface area (TPSA) is 77.2 Å². The van der Waals surface area contributed by atoms with Gasteiger partial charge in [0.1, 0.15) is 11.6 Å². The van der Waals surface area contributed by atoms with E-state index in [0.29, 0.717) is 17.3 Å². The van der Waals surface area contributed by atoms with Crippen LogP contribution in [0.2, 0.25) is 0 Å². The molecular formula is C14H14BrN3O2. The molecule has 1 amide bonds. The fraction of sp³-hybridized carbons (Fsp3) is 0.143. The number of carbonyl (C=O) groups excluding carboxylic acids is 1. The molecule has 2 rings (SSSR count). The molecule has 0 radical (unpaired) electrons. The Morgan fingerprint density at radius 2 is 2.10 bits per heavy atom. The molecule has 20 heavy (non-hydrogen) atoms. The Balaban J connectivity index is 1.89. The second kappa shape index (κ2) is 6.38. The van der Waals surface area contributed by atoms with E-state index >= 15 is 0 Å². The number of aromatic nitrogens is 1. The largest absolute Gasteiger partial charge is 0.484 e. The van der Waals surface area contributed by atoms with Crippen LogP contribution in [0.25, 0.3) is 0 Å². The van der Waals surface area contributed by atoms with Crippen molar-refractivity contribution in [3.63, 3.8) is 0 Å². The van der Waals surface area contributed by atoms with Crippen LogP contribution in [0.15, 0.2) is 41.0 Å². The van der Waals surface area contributed by atoms with Gasteiger partial charge in [0.25, 0.3) is 5.91 Å². The first kappa shape index (κ1) is 14.3. The highest BCUT2D eigenvalue weighted by Crippen LogP contribution is 2.17. The maximum Gasteiger partial charge on any atom is 0.263 e. The molecule has 5 nitrogen and oxygen atoms in total. The zero-order chi connectivity index (χ0) is 14.5. The van der Waals surface area contributed by atoms with Crippen molar-refractivity contribution in [1.82, 2.24) is 4.98 Å². The Hall–Kier alpha value is -2.08. The summed E-state index contributed by atoms with van der Waals surface area (Å²) in [6.07, 6.45) is 1.64. The van der Waals surface area contributed by atoms with E-state index < -0.39 is 0 Å². The second-order valence-electron chi connectivity index (χ2n) is 4.22. The summed E-state index contributed by atoms with van der Waals surface area (Å²) in [6.45, 7) is 1.84. The third-order valence-corrected chi connectivity index (χ3v) is 3.39. The van der Waals surface area contributed by atoms with Crippen molar-refractivity contribution in [2.24, 2.45) is 0 Å². The molecule has 0 saturated heterocycles. The Labute approximate surface area is 125 Å². The quantitative estimate of drug-likeness (QED) is 0.842. The van der Waals surface area contributed by atoms with Crippen molar-refractivity contribution >= 4 is 33.3 Å². The Bertz CT molecular complexity index is 614. The highest BCUT2D eigenvalue weighted by Gasteiger charge is 2.06. The van der Waals surface area contributed by atoms with Gasteiger partial charge in [0, 0.05) is 16.4 Å². The third kappa shape index (κ3) is 3.96. The second-order valence-corrected chi connectivity index (χ2v) is 5.08. The molecule has 0 bridgehead atoms. The van der Waals surface area contributed by atoms with E-state index in [4.69, 9.17) is 10.5 Å². The van der Waals surface area contributed by atoms with Crippen LogP contribution >= 0.6 is 15.9 Å². The number of halogens is 1. The number of aryl methyl sites for hydroxylation is 1. The van der Waals surface area contributed by atoms with Crippen LogP contribution in [0.4, 0.5) is 11.5 Å². The summed E-state index contributed by atoms with van der Waals surface area (Å²) in [5, 5.41) is 2.67. The molecule has 0 spiro atoms. The number of hydrogen-bond acceptors (Lipinski definition) is 4. The number of hydrogen-bond donors (Lipinski definition) is 2. The fourth-order valence-electron chi connectivity index (χ4n) is 1.50. The van der Waals surface area contributed by atoms with Gasteiger partial charge in [-0.1, -0.05) is 0 Å². The highest BCUT2D eigenvalue weighted by molar-refractivity contribution is 9.10. The summed E-state index contributed by atoms with van der Waals surface area (Å²) in [7, 11) is 0. The molecule has 0 aliphatic carbocycles. The molecule has 0 aliphatic rings. The number of nitrogens with zero attached hydrogens (tertiary/aromatic N) is 1. The summed E-state index contributed by atoms with van der Waals surface area (Å²) >= 11 is 3.35. The van der Waals surface area contributed by atoms with Crippen LogP contribution in [-0.4, -0.2) is 17.5 Å². The van der Waals surface area contributed by atoms with E-state index in [9.17, 15) is 4.79 Å². The minimum absolute atomic E-state index is 0.0826. The predicted octanol–water partition coefficient (Wildman–Crippen LogP) is 2.75. The summed E-state index contributed by atoms with van der Waals surface area (Å²) in [6, 6.07) is 8.64. The van der Waals surface area contributed by atoms with Crippen LogP contribution in [0, 0.1) is 6.92 Å². The van der Waals surface area contributed by atoms with Gasteiger partial charge in [0.2, 0.25) is 0 Å². The number of pyridine rings is 1. The SMILES string of the molecule is Cc1cc(NC(=O)COc2ccc(N)cc2)ncc1Br.